The van der Waals surface area contributed by atoms with Crippen molar-refractivity contribution in [3.63, 3.8) is 0 Å². The quantitative estimate of drug-likeness (QED) is 0.496. The third-order valence-electron chi connectivity index (χ3n) is 6.61. The molecule has 2 aliphatic rings. The van der Waals surface area contributed by atoms with Gasteiger partial charge in [0.05, 0.1) is 29.1 Å². The first-order chi connectivity index (χ1) is 16.2. The second-order valence-electron chi connectivity index (χ2n) is 8.63. The van der Waals surface area contributed by atoms with Crippen LogP contribution in [-0.2, 0) is 12.6 Å². The van der Waals surface area contributed by atoms with E-state index >= 15 is 0 Å². The van der Waals surface area contributed by atoms with Crippen LogP contribution in [0.3, 0.4) is 0 Å². The lowest BCUT2D eigenvalue weighted by atomic mass is 9.86. The van der Waals surface area contributed by atoms with Gasteiger partial charge in [0.1, 0.15) is 5.82 Å². The van der Waals surface area contributed by atoms with E-state index in [9.17, 15) is 26.7 Å². The number of rotatable bonds is 4. The van der Waals surface area contributed by atoms with Gasteiger partial charge in [0.15, 0.2) is 11.6 Å². The Bertz CT molecular complexity index is 1210. The minimum absolute atomic E-state index is 0.0333. The molecule has 2 fully saturated rings. The van der Waals surface area contributed by atoms with Crippen molar-refractivity contribution in [3.8, 4) is 11.4 Å². The SMILES string of the molecule is O=C(c1cccc(F)c1-c1ncc(F)cn1)N1C2CCC1C(Cc1ccc(C(F)(F)F)cn1)C2. The zero-order chi connectivity index (χ0) is 24.0. The zero-order valence-electron chi connectivity index (χ0n) is 17.8. The van der Waals surface area contributed by atoms with Crippen LogP contribution >= 0.6 is 0 Å². The van der Waals surface area contributed by atoms with E-state index in [1.807, 2.05) is 0 Å². The lowest BCUT2D eigenvalue weighted by molar-refractivity contribution is -0.137. The van der Waals surface area contributed by atoms with Gasteiger partial charge in [-0.15, -0.1) is 0 Å². The average molecular weight is 474 g/mol. The Kier molecular flexibility index (Phi) is 5.53. The number of aromatic nitrogens is 3. The number of carbonyl (C=O) groups is 1. The molecule has 1 aromatic carbocycles. The highest BCUT2D eigenvalue weighted by Crippen LogP contribution is 2.44. The van der Waals surface area contributed by atoms with Gasteiger partial charge in [-0.05, 0) is 55.9 Å². The molecule has 2 aromatic heterocycles. The molecule has 3 aromatic rings. The summed E-state index contributed by atoms with van der Waals surface area (Å²) in [6, 6.07) is 6.32. The number of amides is 1. The van der Waals surface area contributed by atoms with Gasteiger partial charge in [0.25, 0.3) is 5.91 Å². The highest BCUT2D eigenvalue weighted by Gasteiger charge is 2.49. The maximum atomic E-state index is 14.7. The van der Waals surface area contributed by atoms with Crippen molar-refractivity contribution in [1.82, 2.24) is 19.9 Å². The smallest absolute Gasteiger partial charge is 0.332 e. The Hall–Kier alpha value is -3.43. The highest BCUT2D eigenvalue weighted by molar-refractivity contribution is 6.01. The second kappa shape index (κ2) is 8.41. The van der Waals surface area contributed by atoms with Gasteiger partial charge in [-0.1, -0.05) is 6.07 Å². The highest BCUT2D eigenvalue weighted by atomic mass is 19.4. The normalized spacial score (nSPS) is 21.8. The Morgan fingerprint density at radius 1 is 1.00 bits per heavy atom. The van der Waals surface area contributed by atoms with Gasteiger partial charge in [-0.3, -0.25) is 9.78 Å². The van der Waals surface area contributed by atoms with Crippen LogP contribution in [0.5, 0.6) is 0 Å². The molecule has 0 saturated carbocycles. The molecule has 10 heteroatoms. The predicted octanol–water partition coefficient (Wildman–Crippen LogP) is 5.07. The van der Waals surface area contributed by atoms with E-state index in [4.69, 9.17) is 0 Å². The molecular formula is C24H19F5N4O. The van der Waals surface area contributed by atoms with Crippen LogP contribution in [0.4, 0.5) is 22.0 Å². The van der Waals surface area contributed by atoms with Gasteiger partial charge in [-0.25, -0.2) is 18.7 Å². The van der Waals surface area contributed by atoms with E-state index in [0.29, 0.717) is 18.5 Å². The molecule has 2 bridgehead atoms. The number of halogens is 5. The van der Waals surface area contributed by atoms with Crippen molar-refractivity contribution in [3.05, 3.63) is 77.4 Å². The maximum absolute atomic E-state index is 14.7. The first-order valence-corrected chi connectivity index (χ1v) is 10.8. The molecule has 0 radical (unpaired) electrons. The largest absolute Gasteiger partial charge is 0.417 e. The fourth-order valence-corrected chi connectivity index (χ4v) is 5.14. The topological polar surface area (TPSA) is 59.0 Å². The summed E-state index contributed by atoms with van der Waals surface area (Å²) < 4.78 is 66.4. The summed E-state index contributed by atoms with van der Waals surface area (Å²) in [5.74, 6) is -1.77. The fourth-order valence-electron chi connectivity index (χ4n) is 5.14. The van der Waals surface area contributed by atoms with Crippen LogP contribution in [0.2, 0.25) is 0 Å². The molecule has 1 amide bonds. The van der Waals surface area contributed by atoms with Crippen molar-refractivity contribution < 1.29 is 26.7 Å². The van der Waals surface area contributed by atoms with Crippen molar-refractivity contribution >= 4 is 5.91 Å². The Labute approximate surface area is 191 Å². The molecule has 34 heavy (non-hydrogen) atoms. The molecule has 5 rings (SSSR count). The molecule has 0 spiro atoms. The number of hydrogen-bond donors (Lipinski definition) is 0. The number of benzene rings is 1. The number of pyridine rings is 1. The standard InChI is InChI=1S/C24H19F5N4O/c25-15-11-31-22(32-12-15)21-18(2-1-3-19(21)26)23(34)33-17-6-7-20(33)13(9-17)8-16-5-4-14(10-30-16)24(27,28)29/h1-5,10-13,17,20H,6-9H2. The van der Waals surface area contributed by atoms with Crippen LogP contribution in [-0.4, -0.2) is 37.8 Å². The van der Waals surface area contributed by atoms with Gasteiger partial charge in [0, 0.05) is 24.0 Å². The van der Waals surface area contributed by atoms with Crippen molar-refractivity contribution in [1.29, 1.82) is 0 Å². The predicted molar refractivity (Wildman–Crippen MR) is 111 cm³/mol. The summed E-state index contributed by atoms with van der Waals surface area (Å²) in [7, 11) is 0. The first kappa shape index (κ1) is 22.4. The van der Waals surface area contributed by atoms with Crippen LogP contribution in [0.1, 0.15) is 40.9 Å². The summed E-state index contributed by atoms with van der Waals surface area (Å²) in [5.41, 5.74) is -0.261. The van der Waals surface area contributed by atoms with E-state index in [0.717, 1.165) is 37.5 Å². The molecule has 3 unspecified atom stereocenters. The molecule has 5 nitrogen and oxygen atoms in total. The molecule has 2 saturated heterocycles. The van der Waals surface area contributed by atoms with Crippen molar-refractivity contribution in [2.75, 3.05) is 0 Å². The maximum Gasteiger partial charge on any atom is 0.417 e. The molecule has 3 atom stereocenters. The summed E-state index contributed by atoms with van der Waals surface area (Å²) in [6.45, 7) is 0. The van der Waals surface area contributed by atoms with E-state index in [1.54, 1.807) is 4.90 Å². The summed E-state index contributed by atoms with van der Waals surface area (Å²) in [4.78, 5) is 27.0. The Morgan fingerprint density at radius 3 is 2.44 bits per heavy atom. The zero-order valence-corrected chi connectivity index (χ0v) is 17.8. The van der Waals surface area contributed by atoms with Gasteiger partial charge >= 0.3 is 6.18 Å². The Morgan fingerprint density at radius 2 is 1.76 bits per heavy atom. The van der Waals surface area contributed by atoms with Crippen LogP contribution in [0.25, 0.3) is 11.4 Å². The molecule has 2 aliphatic heterocycles. The molecule has 4 heterocycles. The van der Waals surface area contributed by atoms with Gasteiger partial charge in [-0.2, -0.15) is 13.2 Å². The van der Waals surface area contributed by atoms with E-state index in [1.165, 1.54) is 24.3 Å². The number of hydrogen-bond acceptors (Lipinski definition) is 4. The summed E-state index contributed by atoms with van der Waals surface area (Å²) >= 11 is 0. The second-order valence-corrected chi connectivity index (χ2v) is 8.63. The minimum Gasteiger partial charge on any atom is -0.332 e. The minimum atomic E-state index is -4.45. The lowest BCUT2D eigenvalue weighted by Crippen LogP contribution is -2.37. The monoisotopic (exact) mass is 474 g/mol. The number of carbonyl (C=O) groups excluding carboxylic acids is 1. The number of alkyl halides is 3. The van der Waals surface area contributed by atoms with Crippen LogP contribution in [0, 0.1) is 17.6 Å². The van der Waals surface area contributed by atoms with E-state index < -0.39 is 23.4 Å². The van der Waals surface area contributed by atoms with Crippen LogP contribution in [0.15, 0.2) is 48.9 Å². The summed E-state index contributed by atoms with van der Waals surface area (Å²) in [6.07, 6.45) is 0.887. The molecular weight excluding hydrogens is 455 g/mol. The number of fused-ring (bicyclic) bond motifs is 2. The number of nitrogens with zero attached hydrogens (tertiary/aromatic N) is 4. The van der Waals surface area contributed by atoms with Gasteiger partial charge in [0.2, 0.25) is 0 Å². The molecule has 176 valence electrons. The fraction of sp³-hybridized carbons (Fsp3) is 0.333. The lowest BCUT2D eigenvalue weighted by Gasteiger charge is -2.25. The third-order valence-corrected chi connectivity index (χ3v) is 6.61. The molecule has 0 N–H and O–H groups in total. The third kappa shape index (κ3) is 4.01. The van der Waals surface area contributed by atoms with E-state index in [-0.39, 0.29) is 40.9 Å². The van der Waals surface area contributed by atoms with Crippen molar-refractivity contribution in [2.45, 2.75) is 43.9 Å². The van der Waals surface area contributed by atoms with Crippen molar-refractivity contribution in [2.24, 2.45) is 5.92 Å². The van der Waals surface area contributed by atoms with E-state index in [2.05, 4.69) is 15.0 Å². The first-order valence-electron chi connectivity index (χ1n) is 10.8. The summed E-state index contributed by atoms with van der Waals surface area (Å²) in [5, 5.41) is 0. The molecule has 0 aliphatic carbocycles. The van der Waals surface area contributed by atoms with Crippen LogP contribution < -0.4 is 0 Å². The Balaban J connectivity index is 1.39. The van der Waals surface area contributed by atoms with Gasteiger partial charge < -0.3 is 4.90 Å². The average Bonchev–Trinajstić information content (AvgIpc) is 3.37.